The van der Waals surface area contributed by atoms with Gasteiger partial charge in [-0.15, -0.1) is 0 Å². The van der Waals surface area contributed by atoms with Gasteiger partial charge in [0.25, 0.3) is 0 Å². The number of quaternary nitrogens is 1. The van der Waals surface area contributed by atoms with Crippen molar-refractivity contribution in [3.05, 3.63) is 12.2 Å². The molecule has 0 amide bonds. The topological polar surface area (TPSA) is 66.4 Å². The summed E-state index contributed by atoms with van der Waals surface area (Å²) in [4.78, 5) is 21.4. The van der Waals surface area contributed by atoms with Gasteiger partial charge in [-0.1, -0.05) is 6.58 Å². The van der Waals surface area contributed by atoms with E-state index in [4.69, 9.17) is 4.74 Å². The number of halogens is 3. The van der Waals surface area contributed by atoms with Gasteiger partial charge in [0.1, 0.15) is 19.7 Å². The molecule has 0 rings (SSSR count). The van der Waals surface area contributed by atoms with Crippen LogP contribution in [0, 0.1) is 0 Å². The van der Waals surface area contributed by atoms with Crippen LogP contribution in [0.15, 0.2) is 12.2 Å². The van der Waals surface area contributed by atoms with Crippen molar-refractivity contribution in [3.8, 4) is 0 Å². The van der Waals surface area contributed by atoms with Crippen molar-refractivity contribution in [3.63, 3.8) is 0 Å². The number of hydrogen-bond donors (Lipinski definition) is 0. The molecule has 0 aliphatic rings. The summed E-state index contributed by atoms with van der Waals surface area (Å²) in [7, 11) is 3.45. The van der Waals surface area contributed by atoms with E-state index in [9.17, 15) is 14.7 Å². The van der Waals surface area contributed by atoms with Crippen LogP contribution in [0.25, 0.3) is 0 Å². The van der Waals surface area contributed by atoms with E-state index in [1.165, 1.54) is 0 Å². The molecule has 8 heteroatoms. The summed E-state index contributed by atoms with van der Waals surface area (Å²) in [5, 5.41) is 10.4. The van der Waals surface area contributed by atoms with Gasteiger partial charge in [-0.05, 0) is 6.92 Å². The number of ether oxygens (including phenoxy) is 1. The SMILES string of the molecule is C=C(C)C(=O)OCC[N+](C)(C)CC(=O)[O-].I[I-]I. The fourth-order valence-corrected chi connectivity index (χ4v) is 0.937. The third-order valence-corrected chi connectivity index (χ3v) is 1.84. The zero-order valence-corrected chi connectivity index (χ0v) is 17.0. The van der Waals surface area contributed by atoms with Gasteiger partial charge < -0.3 is 19.1 Å². The van der Waals surface area contributed by atoms with Crippen LogP contribution >= 0.6 is 37.2 Å². The van der Waals surface area contributed by atoms with Crippen LogP contribution in [-0.4, -0.2) is 50.2 Å². The molecule has 0 saturated carbocycles. The molecule has 0 aromatic rings. The van der Waals surface area contributed by atoms with E-state index in [0.717, 1.165) is 0 Å². The number of carboxylic acids is 1. The molecule has 0 saturated heterocycles. The summed E-state index contributed by atoms with van der Waals surface area (Å²) in [6, 6.07) is 0. The van der Waals surface area contributed by atoms with E-state index in [1.54, 1.807) is 21.0 Å². The van der Waals surface area contributed by atoms with Gasteiger partial charge in [-0.2, -0.15) is 0 Å². The predicted molar refractivity (Wildman–Crippen MR) is 80.7 cm³/mol. The third-order valence-electron chi connectivity index (χ3n) is 1.84. The molecule has 0 aliphatic heterocycles. The van der Waals surface area contributed by atoms with Crippen LogP contribution in [0.4, 0.5) is 0 Å². The fourth-order valence-electron chi connectivity index (χ4n) is 0.937. The van der Waals surface area contributed by atoms with Gasteiger partial charge in [-0.25, -0.2) is 4.79 Å². The summed E-state index contributed by atoms with van der Waals surface area (Å²) < 4.78 is 5.07. The summed E-state index contributed by atoms with van der Waals surface area (Å²) in [6.07, 6.45) is 0. The number of carbonyl (C=O) groups excluding carboxylic acids is 2. The van der Waals surface area contributed by atoms with Crippen LogP contribution < -0.4 is 18.4 Å². The van der Waals surface area contributed by atoms with E-state index in [1.807, 2.05) is 0 Å². The summed E-state index contributed by atoms with van der Waals surface area (Å²) in [5.41, 5.74) is 0.334. The molecule has 0 aliphatic carbocycles. The second kappa shape index (κ2) is 11.6. The van der Waals surface area contributed by atoms with Crippen molar-refractivity contribution in [1.82, 2.24) is 0 Å². The van der Waals surface area contributed by atoms with Gasteiger partial charge in [-0.3, -0.25) is 0 Å². The Kier molecular flexibility index (Phi) is 13.7. The van der Waals surface area contributed by atoms with E-state index in [-0.39, 0.29) is 17.6 Å². The summed E-state index contributed by atoms with van der Waals surface area (Å²) in [5.74, 6) is -1.57. The van der Waals surface area contributed by atoms with Crippen LogP contribution in [0.3, 0.4) is 0 Å². The van der Waals surface area contributed by atoms with Gasteiger partial charge in [0, 0.05) is 5.57 Å². The Morgan fingerprint density at radius 1 is 1.39 bits per heavy atom. The molecule has 0 N–H and O–H groups in total. The Morgan fingerprint density at radius 3 is 2.17 bits per heavy atom. The van der Waals surface area contributed by atoms with Crippen LogP contribution in [0.1, 0.15) is 6.92 Å². The van der Waals surface area contributed by atoms with Crippen molar-refractivity contribution >= 4 is 49.2 Å². The fraction of sp³-hybridized carbons (Fsp3) is 0.600. The average Bonchev–Trinajstić information content (AvgIpc) is 2.15. The molecule has 108 valence electrons. The maximum atomic E-state index is 11.0. The Balaban J connectivity index is 0. The Morgan fingerprint density at radius 2 is 1.83 bits per heavy atom. The first-order valence-electron chi connectivity index (χ1n) is 4.87. The van der Waals surface area contributed by atoms with E-state index >= 15 is 0 Å². The molecule has 0 fully saturated rings. The number of nitrogens with zero attached hydrogens (tertiary/aromatic N) is 1. The van der Waals surface area contributed by atoms with Crippen molar-refractivity contribution < 1.29 is 37.2 Å². The molecule has 0 aromatic carbocycles. The molecule has 0 spiro atoms. The minimum absolute atomic E-state index is 0.107. The van der Waals surface area contributed by atoms with Crippen LogP contribution in [-0.2, 0) is 14.3 Å². The molecule has 0 radical (unpaired) electrons. The van der Waals surface area contributed by atoms with E-state index < -0.39 is 11.9 Å². The molecular weight excluding hydrogens is 579 g/mol. The molecule has 0 unspecified atom stereocenters. The molecule has 0 atom stereocenters. The number of carboxylic acid groups (broad SMARTS) is 1. The number of aliphatic carboxylic acids is 1. The minimum atomic E-state index is -1.12. The average molecular weight is 596 g/mol. The van der Waals surface area contributed by atoms with Crippen LogP contribution in [0.2, 0.25) is 0 Å². The van der Waals surface area contributed by atoms with Crippen LogP contribution in [0.5, 0.6) is 0 Å². The molecule has 18 heavy (non-hydrogen) atoms. The third kappa shape index (κ3) is 14.9. The molecule has 0 bridgehead atoms. The predicted octanol–water partition coefficient (Wildman–Crippen LogP) is -2.29. The zero-order chi connectivity index (χ0) is 14.8. The quantitative estimate of drug-likeness (QED) is 0.150. The monoisotopic (exact) mass is 596 g/mol. The first-order chi connectivity index (χ1) is 8.16. The van der Waals surface area contributed by atoms with Gasteiger partial charge in [0.2, 0.25) is 0 Å². The van der Waals surface area contributed by atoms with Crippen molar-refractivity contribution in [2.75, 3.05) is 33.8 Å². The van der Waals surface area contributed by atoms with Crippen molar-refractivity contribution in [2.24, 2.45) is 0 Å². The molecular formula is C10H17I3NO4-. The number of esters is 1. The Bertz CT molecular complexity index is 295. The molecule has 0 aromatic heterocycles. The first-order valence-corrected chi connectivity index (χ1v) is 17.4. The number of hydrogen-bond acceptors (Lipinski definition) is 4. The summed E-state index contributed by atoms with van der Waals surface area (Å²) >= 11 is 5.30. The Labute approximate surface area is 138 Å². The number of likely N-dealkylation sites (N-methyl/N-ethyl adjacent to an activating group) is 1. The molecule has 5 nitrogen and oxygen atoms in total. The van der Waals surface area contributed by atoms with E-state index in [0.29, 0.717) is 25.4 Å². The van der Waals surface area contributed by atoms with Gasteiger partial charge >= 0.3 is 56.5 Å². The zero-order valence-electron chi connectivity index (χ0n) is 10.5. The second-order valence-corrected chi connectivity index (χ2v) is 20.4. The van der Waals surface area contributed by atoms with Crippen molar-refractivity contribution in [2.45, 2.75) is 6.92 Å². The molecule has 0 heterocycles. The number of rotatable bonds is 6. The maximum absolute atomic E-state index is 11.0. The van der Waals surface area contributed by atoms with Gasteiger partial charge in [0.05, 0.1) is 20.1 Å². The Hall–Kier alpha value is 0.830. The number of carbonyl (C=O) groups is 2. The summed E-state index contributed by atoms with van der Waals surface area (Å²) in [6.45, 7) is 5.48. The van der Waals surface area contributed by atoms with Crippen molar-refractivity contribution in [1.29, 1.82) is 0 Å². The van der Waals surface area contributed by atoms with E-state index in [2.05, 4.69) is 43.8 Å². The van der Waals surface area contributed by atoms with Gasteiger partial charge in [0.15, 0.2) is 0 Å². The first kappa shape index (κ1) is 21.1. The standard InChI is InChI=1S/C10H17NO4.I3/c1-8(2)10(14)15-6-5-11(3,4)7-9(12)13;1-3-2/h1,5-7H2,2-4H3;/q;-1. The second-order valence-electron chi connectivity index (χ2n) is 4.16. The normalized spacial score (nSPS) is 10.3.